The molecule has 0 N–H and O–H groups in total. The number of hydrogen-bond donors (Lipinski definition) is 0. The lowest BCUT2D eigenvalue weighted by atomic mass is 9.99. The maximum atomic E-state index is 2.52. The fourth-order valence-electron chi connectivity index (χ4n) is 9.17. The van der Waals surface area contributed by atoms with Crippen molar-refractivity contribution in [1.29, 1.82) is 0 Å². The second kappa shape index (κ2) is 46.9. The Kier molecular flexibility index (Phi) is 44.6. The molecule has 0 bridgehead atoms. The quantitative estimate of drug-likeness (QED) is 0.0578. The van der Waals surface area contributed by atoms with E-state index in [1.165, 1.54) is 308 Å². The molecule has 0 saturated heterocycles. The molecule has 1 aromatic carbocycles. The van der Waals surface area contributed by atoms with E-state index >= 15 is 0 Å². The van der Waals surface area contributed by atoms with E-state index in [9.17, 15) is 0 Å². The van der Waals surface area contributed by atoms with E-state index in [4.69, 9.17) is 0 Å². The summed E-state index contributed by atoms with van der Waals surface area (Å²) in [6, 6.07) is 9.60. The molecular weight excluding hydrogens is 673 g/mol. The van der Waals surface area contributed by atoms with Gasteiger partial charge in [-0.2, -0.15) is 0 Å². The molecule has 0 saturated carbocycles. The molecule has 330 valence electrons. The van der Waals surface area contributed by atoms with Crippen LogP contribution in [0.25, 0.3) is 0 Å². The maximum absolute atomic E-state index is 2.52. The van der Waals surface area contributed by atoms with Gasteiger partial charge in [0.1, 0.15) is 0 Å². The highest BCUT2D eigenvalue weighted by molar-refractivity contribution is 5.23. The molecule has 1 rings (SSSR count). The Balaban J connectivity index is 1.77. The van der Waals surface area contributed by atoms with E-state index < -0.39 is 0 Å². The van der Waals surface area contributed by atoms with Crippen molar-refractivity contribution >= 4 is 0 Å². The van der Waals surface area contributed by atoms with Crippen LogP contribution in [0.5, 0.6) is 0 Å². The maximum Gasteiger partial charge on any atom is -0.0279 e. The summed E-state index contributed by atoms with van der Waals surface area (Å²) in [5, 5.41) is 0. The second-order valence-electron chi connectivity index (χ2n) is 18.9. The minimum absolute atomic E-state index is 1.28. The zero-order chi connectivity index (χ0) is 39.9. The molecule has 0 heteroatoms. The van der Waals surface area contributed by atoms with Crippen molar-refractivity contribution in [3.63, 3.8) is 0 Å². The zero-order valence-corrected chi connectivity index (χ0v) is 39.3. The van der Waals surface area contributed by atoms with E-state index in [0.29, 0.717) is 0 Å². The standard InChI is InChI=1S/C56H106/c1-3-5-7-9-11-13-15-17-19-21-23-25-27-29-31-33-35-37-39-41-43-45-47-50-55-52-49-53-56(54-55)51-48-46-44-42-40-38-36-34-32-30-28-26-24-22-20-18-16-14-12-10-8-6-4-2/h49,52-54H,3-48,50-51H2,1-2H3. The molecule has 0 aliphatic carbocycles. The van der Waals surface area contributed by atoms with Gasteiger partial charge in [0.2, 0.25) is 0 Å². The normalized spacial score (nSPS) is 11.6. The SMILES string of the molecule is CCCCCCCCCCCCCCCCCCCCCCCCCc1cccc(CCCCCCCCCCCCCCCCCCCCCCCCC)c1. The van der Waals surface area contributed by atoms with Gasteiger partial charge in [0.05, 0.1) is 0 Å². The van der Waals surface area contributed by atoms with E-state index in [2.05, 4.69) is 38.1 Å². The second-order valence-corrected chi connectivity index (χ2v) is 18.9. The summed E-state index contributed by atoms with van der Waals surface area (Å²) in [7, 11) is 0. The van der Waals surface area contributed by atoms with Gasteiger partial charge in [-0.25, -0.2) is 0 Å². The van der Waals surface area contributed by atoms with Gasteiger partial charge in [0.25, 0.3) is 0 Å². The van der Waals surface area contributed by atoms with Gasteiger partial charge in [0, 0.05) is 0 Å². The smallest absolute Gasteiger partial charge is 0.0279 e. The lowest BCUT2D eigenvalue weighted by Crippen LogP contribution is -1.91. The Morgan fingerprint density at radius 3 is 0.554 bits per heavy atom. The van der Waals surface area contributed by atoms with Crippen molar-refractivity contribution in [1.82, 2.24) is 0 Å². The molecule has 0 aliphatic rings. The van der Waals surface area contributed by atoms with Gasteiger partial charge in [-0.05, 0) is 36.8 Å². The van der Waals surface area contributed by atoms with Crippen LogP contribution in [0.3, 0.4) is 0 Å². The van der Waals surface area contributed by atoms with Crippen molar-refractivity contribution in [2.24, 2.45) is 0 Å². The molecule has 0 atom stereocenters. The van der Waals surface area contributed by atoms with Crippen molar-refractivity contribution < 1.29 is 0 Å². The van der Waals surface area contributed by atoms with Gasteiger partial charge in [-0.3, -0.25) is 0 Å². The highest BCUT2D eigenvalue weighted by atomic mass is 14.1. The molecule has 0 radical (unpaired) electrons. The van der Waals surface area contributed by atoms with Crippen molar-refractivity contribution in [2.75, 3.05) is 0 Å². The van der Waals surface area contributed by atoms with E-state index in [1.807, 2.05) is 0 Å². The monoisotopic (exact) mass is 779 g/mol. The van der Waals surface area contributed by atoms with Crippen molar-refractivity contribution in [2.45, 2.75) is 322 Å². The first-order valence-corrected chi connectivity index (χ1v) is 26.9. The molecule has 0 heterocycles. The Bertz CT molecular complexity index is 773. The Morgan fingerprint density at radius 1 is 0.214 bits per heavy atom. The van der Waals surface area contributed by atoms with Gasteiger partial charge in [0.15, 0.2) is 0 Å². The third-order valence-corrected chi connectivity index (χ3v) is 13.1. The van der Waals surface area contributed by atoms with Crippen LogP contribution in [0.1, 0.15) is 320 Å². The third-order valence-electron chi connectivity index (χ3n) is 13.1. The predicted molar refractivity (Wildman–Crippen MR) is 258 cm³/mol. The lowest BCUT2D eigenvalue weighted by molar-refractivity contribution is 0.518. The van der Waals surface area contributed by atoms with Crippen molar-refractivity contribution in [3.8, 4) is 0 Å². The fraction of sp³-hybridized carbons (Fsp3) is 0.893. The minimum Gasteiger partial charge on any atom is -0.0654 e. The van der Waals surface area contributed by atoms with Crippen LogP contribution in [0.2, 0.25) is 0 Å². The number of unbranched alkanes of at least 4 members (excludes halogenated alkanes) is 44. The molecule has 0 spiro atoms. The van der Waals surface area contributed by atoms with Crippen LogP contribution < -0.4 is 0 Å². The average molecular weight is 779 g/mol. The number of aryl methyl sites for hydroxylation is 2. The van der Waals surface area contributed by atoms with Crippen LogP contribution in [0.4, 0.5) is 0 Å². The number of rotatable bonds is 48. The number of benzene rings is 1. The first-order valence-electron chi connectivity index (χ1n) is 26.9. The van der Waals surface area contributed by atoms with Gasteiger partial charge < -0.3 is 0 Å². The Morgan fingerprint density at radius 2 is 0.375 bits per heavy atom. The molecule has 0 aromatic heterocycles. The van der Waals surface area contributed by atoms with Gasteiger partial charge >= 0.3 is 0 Å². The fourth-order valence-corrected chi connectivity index (χ4v) is 9.17. The summed E-state index contributed by atoms with van der Waals surface area (Å²) >= 11 is 0. The molecule has 1 aromatic rings. The largest absolute Gasteiger partial charge is 0.0654 e. The highest BCUT2D eigenvalue weighted by Crippen LogP contribution is 2.19. The lowest BCUT2D eigenvalue weighted by Gasteiger charge is -2.07. The third kappa shape index (κ3) is 41.4. The van der Waals surface area contributed by atoms with Crippen LogP contribution in [-0.2, 0) is 12.8 Å². The summed E-state index contributed by atoms with van der Waals surface area (Å²) in [6.45, 7) is 4.62. The molecule has 0 aliphatic heterocycles. The van der Waals surface area contributed by atoms with Crippen LogP contribution in [0, 0.1) is 0 Å². The summed E-state index contributed by atoms with van der Waals surface area (Å²) in [5.74, 6) is 0. The minimum atomic E-state index is 1.28. The van der Waals surface area contributed by atoms with E-state index in [-0.39, 0.29) is 0 Å². The molecule has 0 nitrogen and oxygen atoms in total. The van der Waals surface area contributed by atoms with Crippen molar-refractivity contribution in [3.05, 3.63) is 35.4 Å². The zero-order valence-electron chi connectivity index (χ0n) is 39.3. The highest BCUT2D eigenvalue weighted by Gasteiger charge is 2.01. The first-order chi connectivity index (χ1) is 27.9. The Hall–Kier alpha value is -0.780. The predicted octanol–water partition coefficient (Wildman–Crippen LogP) is 20.8. The average Bonchev–Trinajstić information content (AvgIpc) is 3.21. The summed E-state index contributed by atoms with van der Waals surface area (Å²) in [5.41, 5.74) is 3.17. The Labute approximate surface area is 356 Å². The van der Waals surface area contributed by atoms with Crippen LogP contribution in [-0.4, -0.2) is 0 Å². The topological polar surface area (TPSA) is 0 Å². The van der Waals surface area contributed by atoms with E-state index in [1.54, 1.807) is 11.1 Å². The molecule has 56 heavy (non-hydrogen) atoms. The van der Waals surface area contributed by atoms with E-state index in [0.717, 1.165) is 0 Å². The molecule has 0 fully saturated rings. The van der Waals surface area contributed by atoms with Crippen LogP contribution >= 0.6 is 0 Å². The summed E-state index contributed by atoms with van der Waals surface area (Å²) in [6.07, 6.45) is 69.9. The van der Waals surface area contributed by atoms with Crippen LogP contribution in [0.15, 0.2) is 24.3 Å². The van der Waals surface area contributed by atoms with Gasteiger partial charge in [-0.1, -0.05) is 321 Å². The first kappa shape index (κ1) is 53.2. The van der Waals surface area contributed by atoms with Gasteiger partial charge in [-0.15, -0.1) is 0 Å². The number of hydrogen-bond acceptors (Lipinski definition) is 0. The molecule has 0 amide bonds. The summed E-state index contributed by atoms with van der Waals surface area (Å²) < 4.78 is 0. The molecular formula is C56H106. The summed E-state index contributed by atoms with van der Waals surface area (Å²) in [4.78, 5) is 0. The molecule has 0 unspecified atom stereocenters.